The third-order valence-corrected chi connectivity index (χ3v) is 7.18. The van der Waals surface area contributed by atoms with E-state index in [1.807, 2.05) is 4.57 Å². The molecule has 2 aliphatic rings. The summed E-state index contributed by atoms with van der Waals surface area (Å²) in [6, 6.07) is 4.63. The van der Waals surface area contributed by atoms with E-state index in [9.17, 15) is 14.3 Å². The van der Waals surface area contributed by atoms with Crippen LogP contribution in [0.15, 0.2) is 24.4 Å². The molecular formula is C23H27ClFN7O2. The number of benzene rings is 1. The van der Waals surface area contributed by atoms with Gasteiger partial charge < -0.3 is 21.5 Å². The van der Waals surface area contributed by atoms with E-state index in [0.717, 1.165) is 19.3 Å². The van der Waals surface area contributed by atoms with Crippen LogP contribution in [0, 0.1) is 11.7 Å². The number of imidazole rings is 1. The number of rotatable bonds is 6. The van der Waals surface area contributed by atoms with Gasteiger partial charge in [-0.3, -0.25) is 9.36 Å². The Labute approximate surface area is 200 Å². The summed E-state index contributed by atoms with van der Waals surface area (Å²) >= 11 is 5.97. The monoisotopic (exact) mass is 487 g/mol. The Hall–Kier alpha value is -2.98. The fourth-order valence-electron chi connectivity index (χ4n) is 5.01. The predicted molar refractivity (Wildman–Crippen MR) is 127 cm³/mol. The molecule has 5 rings (SSSR count). The number of aliphatic hydroxyl groups is 1. The second-order valence-electron chi connectivity index (χ2n) is 9.09. The van der Waals surface area contributed by atoms with Crippen molar-refractivity contribution >= 4 is 46.3 Å². The molecule has 34 heavy (non-hydrogen) atoms. The standard InChI is InChI=1S/C23H27ClFN7O2/c24-14-3-1-5-16(19(14)25)29-23-30-17-11-27-22(28-15-4-2-6-18(15)33)31-21(17)32(23)13-9-7-12(8-10-13)20(26)34/h1,3,5,11-13,15,18,33H,2,4,6-10H2,(H2,26,34)(H,29,30)(H,27,28,31)/t12?,13?,15-,18-/m1/s1. The molecule has 0 aliphatic heterocycles. The van der Waals surface area contributed by atoms with Crippen molar-refractivity contribution in [1.29, 1.82) is 0 Å². The number of nitrogens with zero attached hydrogens (tertiary/aromatic N) is 4. The number of carbonyl (C=O) groups excluding carboxylic acids is 1. The van der Waals surface area contributed by atoms with Gasteiger partial charge in [-0.25, -0.2) is 14.4 Å². The zero-order valence-electron chi connectivity index (χ0n) is 18.5. The van der Waals surface area contributed by atoms with Gasteiger partial charge in [0.1, 0.15) is 5.52 Å². The number of fused-ring (bicyclic) bond motifs is 1. The van der Waals surface area contributed by atoms with Crippen molar-refractivity contribution in [2.24, 2.45) is 11.7 Å². The highest BCUT2D eigenvalue weighted by Crippen LogP contribution is 2.37. The number of amides is 1. The van der Waals surface area contributed by atoms with E-state index in [0.29, 0.717) is 48.7 Å². The maximum atomic E-state index is 14.6. The average Bonchev–Trinajstić information content (AvgIpc) is 3.39. The number of halogens is 2. The molecule has 0 spiro atoms. The molecule has 2 aromatic heterocycles. The molecule has 2 atom stereocenters. The number of hydrogen-bond acceptors (Lipinski definition) is 7. The number of nitrogens with one attached hydrogen (secondary N) is 2. The summed E-state index contributed by atoms with van der Waals surface area (Å²) in [5, 5.41) is 16.5. The molecule has 0 radical (unpaired) electrons. The zero-order valence-corrected chi connectivity index (χ0v) is 19.3. The Morgan fingerprint density at radius 2 is 1.97 bits per heavy atom. The smallest absolute Gasteiger partial charge is 0.225 e. The van der Waals surface area contributed by atoms with E-state index < -0.39 is 11.9 Å². The van der Waals surface area contributed by atoms with Gasteiger partial charge in [0.15, 0.2) is 11.5 Å². The lowest BCUT2D eigenvalue weighted by molar-refractivity contribution is -0.122. The van der Waals surface area contributed by atoms with Crippen LogP contribution in [-0.4, -0.2) is 42.7 Å². The average molecular weight is 488 g/mol. The molecular weight excluding hydrogens is 461 g/mol. The van der Waals surface area contributed by atoms with Crippen molar-refractivity contribution in [1.82, 2.24) is 19.5 Å². The minimum absolute atomic E-state index is 0.00911. The summed E-state index contributed by atoms with van der Waals surface area (Å²) in [5.41, 5.74) is 6.87. The summed E-state index contributed by atoms with van der Waals surface area (Å²) in [6.07, 6.45) is 6.47. The van der Waals surface area contributed by atoms with Gasteiger partial charge in [0.2, 0.25) is 17.8 Å². The molecule has 11 heteroatoms. The van der Waals surface area contributed by atoms with Crippen LogP contribution in [0.25, 0.3) is 11.2 Å². The summed E-state index contributed by atoms with van der Waals surface area (Å²) in [5.74, 6) is -0.165. The number of nitrogens with two attached hydrogens (primary N) is 1. The summed E-state index contributed by atoms with van der Waals surface area (Å²) in [6.45, 7) is 0. The highest BCUT2D eigenvalue weighted by Gasteiger charge is 2.30. The second-order valence-corrected chi connectivity index (χ2v) is 9.50. The largest absolute Gasteiger partial charge is 0.391 e. The lowest BCUT2D eigenvalue weighted by atomic mass is 9.85. The Morgan fingerprint density at radius 1 is 1.18 bits per heavy atom. The number of aromatic nitrogens is 4. The van der Waals surface area contributed by atoms with Crippen LogP contribution in [-0.2, 0) is 4.79 Å². The van der Waals surface area contributed by atoms with Gasteiger partial charge >= 0.3 is 0 Å². The van der Waals surface area contributed by atoms with Gasteiger partial charge in [-0.05, 0) is 57.1 Å². The third kappa shape index (κ3) is 4.39. The van der Waals surface area contributed by atoms with Crippen LogP contribution in [0.5, 0.6) is 0 Å². The van der Waals surface area contributed by atoms with E-state index in [1.54, 1.807) is 18.3 Å². The highest BCUT2D eigenvalue weighted by molar-refractivity contribution is 6.31. The van der Waals surface area contributed by atoms with Crippen LogP contribution < -0.4 is 16.4 Å². The number of primary amides is 1. The molecule has 1 amide bonds. The Bertz CT molecular complexity index is 1210. The molecule has 0 bridgehead atoms. The van der Waals surface area contributed by atoms with Crippen molar-refractivity contribution in [2.75, 3.05) is 10.6 Å². The zero-order chi connectivity index (χ0) is 23.8. The molecule has 2 fully saturated rings. The molecule has 0 unspecified atom stereocenters. The van der Waals surface area contributed by atoms with Gasteiger partial charge in [-0.15, -0.1) is 0 Å². The van der Waals surface area contributed by atoms with E-state index in [4.69, 9.17) is 22.3 Å². The van der Waals surface area contributed by atoms with Gasteiger partial charge in [0.25, 0.3) is 0 Å². The van der Waals surface area contributed by atoms with Gasteiger partial charge in [0, 0.05) is 12.0 Å². The minimum Gasteiger partial charge on any atom is -0.391 e. The Morgan fingerprint density at radius 3 is 2.68 bits per heavy atom. The second kappa shape index (κ2) is 9.34. The van der Waals surface area contributed by atoms with Crippen molar-refractivity contribution < 1.29 is 14.3 Å². The molecule has 180 valence electrons. The molecule has 1 aromatic carbocycles. The SMILES string of the molecule is NC(=O)C1CCC(n2c(Nc3cccc(Cl)c3F)nc3cnc(N[C@@H]4CCC[C@H]4O)nc32)CC1. The third-order valence-electron chi connectivity index (χ3n) is 6.89. The molecule has 0 saturated heterocycles. The molecule has 2 saturated carbocycles. The molecule has 2 heterocycles. The minimum atomic E-state index is -0.566. The molecule has 5 N–H and O–H groups in total. The van der Waals surface area contributed by atoms with Crippen LogP contribution in [0.4, 0.5) is 22.0 Å². The number of aliphatic hydroxyl groups excluding tert-OH is 1. The first-order valence-electron chi connectivity index (χ1n) is 11.6. The van der Waals surface area contributed by atoms with Crippen molar-refractivity contribution in [3.8, 4) is 0 Å². The number of hydrogen-bond donors (Lipinski definition) is 4. The molecule has 3 aromatic rings. The van der Waals surface area contributed by atoms with Crippen molar-refractivity contribution in [2.45, 2.75) is 63.1 Å². The van der Waals surface area contributed by atoms with E-state index in [1.165, 1.54) is 6.07 Å². The van der Waals surface area contributed by atoms with E-state index in [-0.39, 0.29) is 34.6 Å². The van der Waals surface area contributed by atoms with Gasteiger partial charge in [-0.2, -0.15) is 4.98 Å². The predicted octanol–water partition coefficient (Wildman–Crippen LogP) is 3.90. The van der Waals surface area contributed by atoms with E-state index >= 15 is 0 Å². The maximum Gasteiger partial charge on any atom is 0.225 e. The first-order valence-corrected chi connectivity index (χ1v) is 12.0. The van der Waals surface area contributed by atoms with Gasteiger partial charge in [-0.1, -0.05) is 17.7 Å². The summed E-state index contributed by atoms with van der Waals surface area (Å²) in [4.78, 5) is 25.4. The topological polar surface area (TPSA) is 131 Å². The first-order chi connectivity index (χ1) is 16.4. The fraction of sp³-hybridized carbons (Fsp3) is 0.478. The van der Waals surface area contributed by atoms with Gasteiger partial charge in [0.05, 0.1) is 29.1 Å². The van der Waals surface area contributed by atoms with Crippen molar-refractivity contribution in [3.05, 3.63) is 35.2 Å². The van der Waals surface area contributed by atoms with Crippen LogP contribution in [0.3, 0.4) is 0 Å². The Kier molecular flexibility index (Phi) is 6.26. The summed E-state index contributed by atoms with van der Waals surface area (Å²) in [7, 11) is 0. The quantitative estimate of drug-likeness (QED) is 0.414. The van der Waals surface area contributed by atoms with Crippen LogP contribution in [0.2, 0.25) is 5.02 Å². The van der Waals surface area contributed by atoms with Crippen molar-refractivity contribution in [3.63, 3.8) is 0 Å². The number of anilines is 3. The fourth-order valence-corrected chi connectivity index (χ4v) is 5.18. The molecule has 9 nitrogen and oxygen atoms in total. The molecule has 2 aliphatic carbocycles. The maximum absolute atomic E-state index is 14.6. The van der Waals surface area contributed by atoms with Crippen LogP contribution >= 0.6 is 11.6 Å². The lowest BCUT2D eigenvalue weighted by Gasteiger charge is -2.29. The van der Waals surface area contributed by atoms with E-state index in [2.05, 4.69) is 20.6 Å². The number of carbonyl (C=O) groups is 1. The lowest BCUT2D eigenvalue weighted by Crippen LogP contribution is -2.29. The normalized spacial score (nSPS) is 24.9. The Balaban J connectivity index is 1.52. The highest BCUT2D eigenvalue weighted by atomic mass is 35.5. The first kappa shape index (κ1) is 22.8. The van der Waals surface area contributed by atoms with Crippen LogP contribution in [0.1, 0.15) is 51.0 Å². The summed E-state index contributed by atoms with van der Waals surface area (Å²) < 4.78 is 16.6.